The summed E-state index contributed by atoms with van der Waals surface area (Å²) in [6.45, 7) is 4.50. The maximum absolute atomic E-state index is 12.7. The Morgan fingerprint density at radius 2 is 2.00 bits per heavy atom. The lowest BCUT2D eigenvalue weighted by Gasteiger charge is -2.34. The van der Waals surface area contributed by atoms with Gasteiger partial charge in [-0.1, -0.05) is 17.7 Å². The summed E-state index contributed by atoms with van der Waals surface area (Å²) in [7, 11) is 1.37. The molecular weight excluding hydrogens is 254 g/mol. The Morgan fingerprint density at radius 1 is 1.25 bits per heavy atom. The van der Waals surface area contributed by atoms with Crippen LogP contribution in [0.25, 0.3) is 0 Å². The van der Waals surface area contributed by atoms with Gasteiger partial charge in [0.15, 0.2) is 0 Å². The number of carbonyl (C=O) groups excluding carboxylic acids is 2. The summed E-state index contributed by atoms with van der Waals surface area (Å²) in [6, 6.07) is 5.38. The third-order valence-corrected chi connectivity index (χ3v) is 3.86. The van der Waals surface area contributed by atoms with Gasteiger partial charge in [0.05, 0.1) is 7.11 Å². The van der Waals surface area contributed by atoms with Crippen molar-refractivity contribution in [2.24, 2.45) is 0 Å². The van der Waals surface area contributed by atoms with E-state index in [1.54, 1.807) is 4.90 Å². The van der Waals surface area contributed by atoms with Gasteiger partial charge in [-0.3, -0.25) is 4.79 Å². The summed E-state index contributed by atoms with van der Waals surface area (Å²) in [6.07, 6.45) is 2.57. The van der Waals surface area contributed by atoms with Crippen molar-refractivity contribution in [3.05, 3.63) is 34.9 Å². The first-order valence-electron chi connectivity index (χ1n) is 7.00. The molecule has 0 radical (unpaired) electrons. The number of rotatable bonds is 2. The first-order chi connectivity index (χ1) is 9.54. The van der Waals surface area contributed by atoms with Crippen LogP contribution in [0, 0.1) is 13.8 Å². The van der Waals surface area contributed by atoms with E-state index in [-0.39, 0.29) is 11.9 Å². The van der Waals surface area contributed by atoms with E-state index in [9.17, 15) is 9.59 Å². The molecule has 1 heterocycles. The standard InChI is InChI=1S/C16H21NO3/c1-11-7-8-12(2)13(10-11)15(18)17-9-5-4-6-14(17)16(19)20-3/h7-8,10,14H,4-6,9H2,1-3H3/t14-/m1/s1. The summed E-state index contributed by atoms with van der Waals surface area (Å²) in [5, 5.41) is 0. The summed E-state index contributed by atoms with van der Waals surface area (Å²) < 4.78 is 4.83. The quantitative estimate of drug-likeness (QED) is 0.779. The van der Waals surface area contributed by atoms with Crippen molar-refractivity contribution in [1.29, 1.82) is 0 Å². The molecule has 1 saturated heterocycles. The molecule has 0 unspecified atom stereocenters. The molecule has 2 rings (SSSR count). The van der Waals surface area contributed by atoms with Crippen LogP contribution in [0.5, 0.6) is 0 Å². The molecule has 0 N–H and O–H groups in total. The number of ether oxygens (including phenoxy) is 1. The summed E-state index contributed by atoms with van der Waals surface area (Å²) in [4.78, 5) is 26.2. The Hall–Kier alpha value is -1.84. The molecule has 0 spiro atoms. The lowest BCUT2D eigenvalue weighted by molar-refractivity contribution is -0.147. The number of piperidine rings is 1. The summed E-state index contributed by atoms with van der Waals surface area (Å²) >= 11 is 0. The van der Waals surface area contributed by atoms with E-state index in [1.807, 2.05) is 32.0 Å². The molecule has 1 aliphatic rings. The number of nitrogens with zero attached hydrogens (tertiary/aromatic N) is 1. The fourth-order valence-corrected chi connectivity index (χ4v) is 2.68. The zero-order chi connectivity index (χ0) is 14.7. The number of carbonyl (C=O) groups is 2. The van der Waals surface area contributed by atoms with Crippen molar-refractivity contribution in [2.45, 2.75) is 39.2 Å². The van der Waals surface area contributed by atoms with E-state index in [0.29, 0.717) is 18.5 Å². The molecule has 4 nitrogen and oxygen atoms in total. The molecule has 1 atom stereocenters. The predicted molar refractivity (Wildman–Crippen MR) is 76.6 cm³/mol. The average molecular weight is 275 g/mol. The Morgan fingerprint density at radius 3 is 2.70 bits per heavy atom. The second-order valence-corrected chi connectivity index (χ2v) is 5.35. The first-order valence-corrected chi connectivity index (χ1v) is 7.00. The van der Waals surface area contributed by atoms with Gasteiger partial charge in [0.2, 0.25) is 0 Å². The molecule has 0 bridgehead atoms. The molecule has 1 aromatic carbocycles. The maximum atomic E-state index is 12.7. The lowest BCUT2D eigenvalue weighted by Crippen LogP contribution is -2.48. The third-order valence-electron chi connectivity index (χ3n) is 3.86. The van der Waals surface area contributed by atoms with Crippen molar-refractivity contribution in [2.75, 3.05) is 13.7 Å². The highest BCUT2D eigenvalue weighted by Gasteiger charge is 2.33. The minimum absolute atomic E-state index is 0.0682. The van der Waals surface area contributed by atoms with Gasteiger partial charge in [-0.15, -0.1) is 0 Å². The molecular formula is C16H21NO3. The molecule has 4 heteroatoms. The number of methoxy groups -OCH3 is 1. The minimum Gasteiger partial charge on any atom is -0.467 e. The van der Waals surface area contributed by atoms with Crippen LogP contribution >= 0.6 is 0 Å². The number of hydrogen-bond donors (Lipinski definition) is 0. The zero-order valence-electron chi connectivity index (χ0n) is 12.3. The number of benzene rings is 1. The van der Waals surface area contributed by atoms with Gasteiger partial charge >= 0.3 is 5.97 Å². The van der Waals surface area contributed by atoms with E-state index in [1.165, 1.54) is 7.11 Å². The molecule has 1 amide bonds. The SMILES string of the molecule is COC(=O)[C@H]1CCCCN1C(=O)c1cc(C)ccc1C. The Bertz CT molecular complexity index is 524. The van der Waals surface area contributed by atoms with Crippen molar-refractivity contribution < 1.29 is 14.3 Å². The highest BCUT2D eigenvalue weighted by atomic mass is 16.5. The number of likely N-dealkylation sites (tertiary alicyclic amines) is 1. The van der Waals surface area contributed by atoms with Gasteiger partial charge in [0.25, 0.3) is 5.91 Å². The van der Waals surface area contributed by atoms with Crippen LogP contribution < -0.4 is 0 Å². The van der Waals surface area contributed by atoms with E-state index < -0.39 is 6.04 Å². The van der Waals surface area contributed by atoms with E-state index >= 15 is 0 Å². The maximum Gasteiger partial charge on any atom is 0.328 e. The molecule has 0 aliphatic carbocycles. The second-order valence-electron chi connectivity index (χ2n) is 5.35. The van der Waals surface area contributed by atoms with Crippen molar-refractivity contribution >= 4 is 11.9 Å². The Kier molecular flexibility index (Phi) is 4.42. The fraction of sp³-hybridized carbons (Fsp3) is 0.500. The van der Waals surface area contributed by atoms with Gasteiger partial charge in [-0.05, 0) is 44.7 Å². The van der Waals surface area contributed by atoms with Gasteiger partial charge < -0.3 is 9.64 Å². The number of hydrogen-bond acceptors (Lipinski definition) is 3. The first kappa shape index (κ1) is 14.6. The van der Waals surface area contributed by atoms with Gasteiger partial charge in [0.1, 0.15) is 6.04 Å². The van der Waals surface area contributed by atoms with Crippen LogP contribution in [0.2, 0.25) is 0 Å². The number of esters is 1. The van der Waals surface area contributed by atoms with E-state index in [0.717, 1.165) is 24.0 Å². The number of aryl methyl sites for hydroxylation is 2. The van der Waals surface area contributed by atoms with Crippen LogP contribution in [0.4, 0.5) is 0 Å². The Labute approximate surface area is 119 Å². The van der Waals surface area contributed by atoms with Crippen LogP contribution in [-0.2, 0) is 9.53 Å². The zero-order valence-corrected chi connectivity index (χ0v) is 12.3. The van der Waals surface area contributed by atoms with Crippen LogP contribution in [0.15, 0.2) is 18.2 Å². The molecule has 0 saturated carbocycles. The monoisotopic (exact) mass is 275 g/mol. The number of amides is 1. The predicted octanol–water partition coefficient (Wildman–Crippen LogP) is 2.47. The van der Waals surface area contributed by atoms with Gasteiger partial charge in [-0.25, -0.2) is 4.79 Å². The van der Waals surface area contributed by atoms with Gasteiger partial charge in [0, 0.05) is 12.1 Å². The van der Waals surface area contributed by atoms with Crippen molar-refractivity contribution in [3.8, 4) is 0 Å². The largest absolute Gasteiger partial charge is 0.467 e. The van der Waals surface area contributed by atoms with Crippen molar-refractivity contribution in [3.63, 3.8) is 0 Å². The molecule has 1 aliphatic heterocycles. The smallest absolute Gasteiger partial charge is 0.328 e. The second kappa shape index (κ2) is 6.07. The molecule has 1 fully saturated rings. The van der Waals surface area contributed by atoms with E-state index in [2.05, 4.69) is 0 Å². The van der Waals surface area contributed by atoms with Gasteiger partial charge in [-0.2, -0.15) is 0 Å². The van der Waals surface area contributed by atoms with Crippen LogP contribution in [0.1, 0.15) is 40.7 Å². The van der Waals surface area contributed by atoms with Crippen LogP contribution in [-0.4, -0.2) is 36.5 Å². The average Bonchev–Trinajstić information content (AvgIpc) is 2.48. The van der Waals surface area contributed by atoms with Crippen molar-refractivity contribution in [1.82, 2.24) is 4.90 Å². The fourth-order valence-electron chi connectivity index (χ4n) is 2.68. The molecule has 0 aromatic heterocycles. The highest BCUT2D eigenvalue weighted by Crippen LogP contribution is 2.22. The Balaban J connectivity index is 2.30. The minimum atomic E-state index is -0.443. The topological polar surface area (TPSA) is 46.6 Å². The summed E-state index contributed by atoms with van der Waals surface area (Å²) in [5.41, 5.74) is 2.67. The summed E-state index contributed by atoms with van der Waals surface area (Å²) in [5.74, 6) is -0.385. The molecule has 1 aromatic rings. The molecule has 20 heavy (non-hydrogen) atoms. The van der Waals surface area contributed by atoms with E-state index in [4.69, 9.17) is 4.74 Å². The highest BCUT2D eigenvalue weighted by molar-refractivity contribution is 5.98. The normalized spacial score (nSPS) is 18.8. The lowest BCUT2D eigenvalue weighted by atomic mass is 9.98. The third kappa shape index (κ3) is 2.84. The van der Waals surface area contributed by atoms with Crippen LogP contribution in [0.3, 0.4) is 0 Å². The molecule has 108 valence electrons.